The Morgan fingerprint density at radius 2 is 1.80 bits per heavy atom. The Balaban J connectivity index is 1.72. The molecule has 0 saturated heterocycles. The number of urea groups is 1. The first-order valence-corrected chi connectivity index (χ1v) is 8.06. The molecular formula is C19H23N3O3. The van der Waals surface area contributed by atoms with Crippen molar-refractivity contribution in [1.29, 1.82) is 0 Å². The highest BCUT2D eigenvalue weighted by Gasteiger charge is 2.04. The number of rotatable bonds is 7. The molecule has 6 nitrogen and oxygen atoms in total. The van der Waals surface area contributed by atoms with E-state index in [1.54, 1.807) is 12.1 Å². The van der Waals surface area contributed by atoms with E-state index in [4.69, 9.17) is 10.5 Å². The molecule has 0 unspecified atom stereocenters. The summed E-state index contributed by atoms with van der Waals surface area (Å²) in [5.74, 6) is 0.722. The SMILES string of the molecule is Cc1ccc(OCCC(=O)NCc2ccc(NC(N)=O)cc2)c(C)c1. The third-order valence-electron chi connectivity index (χ3n) is 3.63. The van der Waals surface area contributed by atoms with Crippen molar-refractivity contribution in [3.05, 3.63) is 59.2 Å². The number of anilines is 1. The van der Waals surface area contributed by atoms with E-state index in [2.05, 4.69) is 10.6 Å². The minimum absolute atomic E-state index is 0.0795. The van der Waals surface area contributed by atoms with Gasteiger partial charge in [0.05, 0.1) is 13.0 Å². The monoisotopic (exact) mass is 341 g/mol. The zero-order chi connectivity index (χ0) is 18.2. The molecule has 0 atom stereocenters. The lowest BCUT2D eigenvalue weighted by atomic mass is 10.1. The minimum Gasteiger partial charge on any atom is -0.493 e. The number of aryl methyl sites for hydroxylation is 2. The van der Waals surface area contributed by atoms with Gasteiger partial charge in [0.1, 0.15) is 5.75 Å². The van der Waals surface area contributed by atoms with Crippen molar-refractivity contribution < 1.29 is 14.3 Å². The van der Waals surface area contributed by atoms with Crippen LogP contribution >= 0.6 is 0 Å². The summed E-state index contributed by atoms with van der Waals surface area (Å²) in [6.07, 6.45) is 0.286. The average molecular weight is 341 g/mol. The van der Waals surface area contributed by atoms with Crippen molar-refractivity contribution in [2.45, 2.75) is 26.8 Å². The standard InChI is InChI=1S/C19H23N3O3/c1-13-3-8-17(14(2)11-13)25-10-9-18(23)21-12-15-4-6-16(7-5-15)22-19(20)24/h3-8,11H,9-10,12H2,1-2H3,(H,21,23)(H3,20,22,24). The number of nitrogens with two attached hydrogens (primary N) is 1. The molecule has 2 rings (SSSR count). The normalized spacial score (nSPS) is 10.2. The maximum Gasteiger partial charge on any atom is 0.316 e. The van der Waals surface area contributed by atoms with Crippen molar-refractivity contribution in [3.8, 4) is 5.75 Å². The van der Waals surface area contributed by atoms with Crippen LogP contribution in [0.25, 0.3) is 0 Å². The highest BCUT2D eigenvalue weighted by molar-refractivity contribution is 5.87. The van der Waals surface area contributed by atoms with Gasteiger partial charge in [-0.05, 0) is 43.2 Å². The molecule has 2 aromatic rings. The van der Waals surface area contributed by atoms with Crippen LogP contribution in [0.3, 0.4) is 0 Å². The van der Waals surface area contributed by atoms with Gasteiger partial charge in [0.15, 0.2) is 0 Å². The van der Waals surface area contributed by atoms with Crippen LogP contribution in [-0.2, 0) is 11.3 Å². The van der Waals surface area contributed by atoms with Gasteiger partial charge in [-0.25, -0.2) is 4.79 Å². The summed E-state index contributed by atoms with van der Waals surface area (Å²) < 4.78 is 5.65. The number of amides is 3. The second-order valence-electron chi connectivity index (χ2n) is 5.83. The maximum absolute atomic E-state index is 11.9. The Bertz CT molecular complexity index is 742. The molecule has 0 saturated carbocycles. The molecule has 25 heavy (non-hydrogen) atoms. The molecule has 0 aliphatic carbocycles. The Kier molecular flexibility index (Phi) is 6.39. The van der Waals surface area contributed by atoms with E-state index in [1.165, 1.54) is 5.56 Å². The first kappa shape index (κ1) is 18.3. The lowest BCUT2D eigenvalue weighted by molar-refractivity contribution is -0.121. The number of nitrogens with one attached hydrogen (secondary N) is 2. The van der Waals surface area contributed by atoms with Gasteiger partial charge in [-0.2, -0.15) is 0 Å². The van der Waals surface area contributed by atoms with E-state index >= 15 is 0 Å². The third-order valence-corrected chi connectivity index (χ3v) is 3.63. The summed E-state index contributed by atoms with van der Waals surface area (Å²) in [4.78, 5) is 22.6. The highest BCUT2D eigenvalue weighted by Crippen LogP contribution is 2.18. The fraction of sp³-hybridized carbons (Fsp3) is 0.263. The number of benzene rings is 2. The van der Waals surface area contributed by atoms with Crippen LogP contribution < -0.4 is 21.1 Å². The molecule has 2 aromatic carbocycles. The largest absolute Gasteiger partial charge is 0.493 e. The average Bonchev–Trinajstić information content (AvgIpc) is 2.56. The van der Waals surface area contributed by atoms with Crippen LogP contribution in [0.2, 0.25) is 0 Å². The zero-order valence-electron chi connectivity index (χ0n) is 14.5. The summed E-state index contributed by atoms with van der Waals surface area (Å²) in [6, 6.07) is 12.4. The fourth-order valence-electron chi connectivity index (χ4n) is 2.35. The third kappa shape index (κ3) is 6.18. The second kappa shape index (κ2) is 8.73. The van der Waals surface area contributed by atoms with E-state index < -0.39 is 6.03 Å². The number of ether oxygens (including phenoxy) is 1. The van der Waals surface area contributed by atoms with Crippen molar-refractivity contribution in [3.63, 3.8) is 0 Å². The molecule has 132 valence electrons. The lowest BCUT2D eigenvalue weighted by Gasteiger charge is -2.10. The fourth-order valence-corrected chi connectivity index (χ4v) is 2.35. The van der Waals surface area contributed by atoms with Crippen LogP contribution in [0.5, 0.6) is 5.75 Å². The Hall–Kier alpha value is -3.02. The van der Waals surface area contributed by atoms with E-state index in [0.717, 1.165) is 16.9 Å². The maximum atomic E-state index is 11.9. The van der Waals surface area contributed by atoms with Crippen LogP contribution in [0.15, 0.2) is 42.5 Å². The summed E-state index contributed by atoms with van der Waals surface area (Å²) in [5.41, 5.74) is 8.83. The summed E-state index contributed by atoms with van der Waals surface area (Å²) in [7, 11) is 0. The van der Waals surface area contributed by atoms with E-state index in [9.17, 15) is 9.59 Å². The van der Waals surface area contributed by atoms with Gasteiger partial charge in [0.25, 0.3) is 0 Å². The van der Waals surface area contributed by atoms with Crippen molar-refractivity contribution in [2.75, 3.05) is 11.9 Å². The number of primary amides is 1. The lowest BCUT2D eigenvalue weighted by Crippen LogP contribution is -2.24. The number of carbonyl (C=O) groups is 2. The summed E-state index contributed by atoms with van der Waals surface area (Å²) >= 11 is 0. The molecular weight excluding hydrogens is 318 g/mol. The van der Waals surface area contributed by atoms with Gasteiger partial charge >= 0.3 is 6.03 Å². The van der Waals surface area contributed by atoms with E-state index in [1.807, 2.05) is 44.2 Å². The Labute approximate surface area is 147 Å². The summed E-state index contributed by atoms with van der Waals surface area (Å²) in [6.45, 7) is 4.76. The number of hydrogen-bond acceptors (Lipinski definition) is 3. The van der Waals surface area contributed by atoms with Gasteiger partial charge < -0.3 is 21.1 Å². The molecule has 0 aromatic heterocycles. The number of carbonyl (C=O) groups excluding carboxylic acids is 2. The van der Waals surface area contributed by atoms with E-state index in [0.29, 0.717) is 18.8 Å². The molecule has 3 amide bonds. The molecule has 0 radical (unpaired) electrons. The molecule has 4 N–H and O–H groups in total. The quantitative estimate of drug-likeness (QED) is 0.723. The van der Waals surface area contributed by atoms with Crippen LogP contribution in [0, 0.1) is 13.8 Å². The summed E-state index contributed by atoms with van der Waals surface area (Å²) in [5, 5.41) is 5.32. The Morgan fingerprint density at radius 3 is 2.44 bits per heavy atom. The molecule has 6 heteroatoms. The van der Waals surface area contributed by atoms with Crippen LogP contribution in [0.4, 0.5) is 10.5 Å². The first-order valence-electron chi connectivity index (χ1n) is 8.06. The van der Waals surface area contributed by atoms with Gasteiger partial charge in [-0.15, -0.1) is 0 Å². The molecule has 0 fully saturated rings. The highest BCUT2D eigenvalue weighted by atomic mass is 16.5. The second-order valence-corrected chi connectivity index (χ2v) is 5.83. The number of hydrogen-bond donors (Lipinski definition) is 3. The van der Waals surface area contributed by atoms with Gasteiger partial charge in [-0.3, -0.25) is 4.79 Å². The van der Waals surface area contributed by atoms with Crippen molar-refractivity contribution >= 4 is 17.6 Å². The van der Waals surface area contributed by atoms with Gasteiger partial charge in [-0.1, -0.05) is 29.8 Å². The zero-order valence-corrected chi connectivity index (χ0v) is 14.5. The molecule has 0 heterocycles. The molecule has 0 spiro atoms. The Morgan fingerprint density at radius 1 is 1.08 bits per heavy atom. The minimum atomic E-state index is -0.607. The van der Waals surface area contributed by atoms with Crippen molar-refractivity contribution in [1.82, 2.24) is 5.32 Å². The topological polar surface area (TPSA) is 93.4 Å². The molecule has 0 aliphatic rings. The van der Waals surface area contributed by atoms with Crippen molar-refractivity contribution in [2.24, 2.45) is 5.73 Å². The smallest absolute Gasteiger partial charge is 0.316 e. The van der Waals surface area contributed by atoms with Crippen LogP contribution in [-0.4, -0.2) is 18.5 Å². The van der Waals surface area contributed by atoms with Crippen LogP contribution in [0.1, 0.15) is 23.1 Å². The van der Waals surface area contributed by atoms with Gasteiger partial charge in [0, 0.05) is 12.2 Å². The predicted octanol–water partition coefficient (Wildman–Crippen LogP) is 2.88. The molecule has 0 aliphatic heterocycles. The molecule has 0 bridgehead atoms. The van der Waals surface area contributed by atoms with E-state index in [-0.39, 0.29) is 12.3 Å². The van der Waals surface area contributed by atoms with Gasteiger partial charge in [0.2, 0.25) is 5.91 Å². The first-order chi connectivity index (χ1) is 11.9. The predicted molar refractivity (Wildman–Crippen MR) is 97.5 cm³/mol.